The number of hydrogen-bond acceptors (Lipinski definition) is 6. The maximum absolute atomic E-state index is 5.00. The van der Waals surface area contributed by atoms with Crippen molar-refractivity contribution in [3.63, 3.8) is 0 Å². The summed E-state index contributed by atoms with van der Waals surface area (Å²) in [5.41, 5.74) is 0. The van der Waals surface area contributed by atoms with Crippen LogP contribution in [0.5, 0.6) is 0 Å². The first-order chi connectivity index (χ1) is 2.91. The third kappa shape index (κ3) is 5.32. The maximum Gasteiger partial charge on any atom is 0.00425 e. The van der Waals surface area contributed by atoms with Crippen LogP contribution in [-0.2, 0) is 0 Å². The molecule has 38 valence electrons. The first kappa shape index (κ1) is 7.32. The van der Waals surface area contributed by atoms with Crippen molar-refractivity contribution in [1.29, 1.82) is 0 Å². The number of hydrogen-bond donors (Lipinski definition) is 2. The second-order valence-corrected chi connectivity index (χ2v) is 5.41. The van der Waals surface area contributed by atoms with Gasteiger partial charge in [0.05, 0.1) is 0 Å². The Bertz CT molecular complexity index is 17.5. The third-order valence-electron chi connectivity index (χ3n) is 0.106. The SMILES string of the molecule is NSSSSN. The molecule has 0 bridgehead atoms. The van der Waals surface area contributed by atoms with Gasteiger partial charge in [-0.15, -0.1) is 0 Å². The highest BCUT2D eigenvalue weighted by Gasteiger charge is 1.78. The van der Waals surface area contributed by atoms with Crippen molar-refractivity contribution in [2.75, 3.05) is 0 Å². The minimum Gasteiger partial charge on any atom is -0.268 e. The first-order valence-corrected chi connectivity index (χ1v) is 5.91. The summed E-state index contributed by atoms with van der Waals surface area (Å²) in [6, 6.07) is 0. The Labute approximate surface area is 52.0 Å². The Kier molecular flexibility index (Phi) is 7.71. The smallest absolute Gasteiger partial charge is 0.00425 e. The van der Waals surface area contributed by atoms with Crippen molar-refractivity contribution < 1.29 is 0 Å². The lowest BCUT2D eigenvalue weighted by Crippen LogP contribution is -1.66. The van der Waals surface area contributed by atoms with E-state index in [1.54, 1.807) is 0 Å². The van der Waals surface area contributed by atoms with Crippen LogP contribution in [0.4, 0.5) is 0 Å². The van der Waals surface area contributed by atoms with E-state index in [0.29, 0.717) is 0 Å². The summed E-state index contributed by atoms with van der Waals surface area (Å²) in [4.78, 5) is 0. The zero-order chi connectivity index (χ0) is 4.83. The fraction of sp³-hybridized carbons (Fsp3) is 0. The Hall–Kier alpha value is 1.32. The average molecular weight is 160 g/mol. The molecule has 0 rings (SSSR count). The normalized spacial score (nSPS) is 9.00. The standard InChI is InChI=1S/H4N2S4/c1-3-5-6-4-2/h1-2H2. The molecule has 0 aliphatic carbocycles. The molecule has 6 heavy (non-hydrogen) atoms. The second-order valence-electron chi connectivity index (χ2n) is 0.329. The zero-order valence-corrected chi connectivity index (χ0v) is 6.05. The van der Waals surface area contributed by atoms with Gasteiger partial charge in [-0.25, -0.2) is 0 Å². The van der Waals surface area contributed by atoms with Crippen molar-refractivity contribution in [1.82, 2.24) is 0 Å². The van der Waals surface area contributed by atoms with Crippen LogP contribution >= 0.6 is 41.6 Å². The fourth-order valence-electron chi connectivity index (χ4n) is 0.0321. The topological polar surface area (TPSA) is 52.0 Å². The van der Waals surface area contributed by atoms with Crippen molar-refractivity contribution >= 4 is 41.6 Å². The van der Waals surface area contributed by atoms with Crippen LogP contribution in [0.15, 0.2) is 0 Å². The molecule has 4 N–H and O–H groups in total. The maximum atomic E-state index is 5.00. The molecule has 0 saturated heterocycles. The quantitative estimate of drug-likeness (QED) is 0.370. The third-order valence-corrected chi connectivity index (χ3v) is 4.37. The second kappa shape index (κ2) is 6.32. The highest BCUT2D eigenvalue weighted by atomic mass is 33.7. The van der Waals surface area contributed by atoms with E-state index < -0.39 is 0 Å². The molecule has 0 fully saturated rings. The van der Waals surface area contributed by atoms with Crippen molar-refractivity contribution in [3.8, 4) is 0 Å². The minimum atomic E-state index is 1.20. The van der Waals surface area contributed by atoms with Crippen LogP contribution in [0.1, 0.15) is 0 Å². The fourth-order valence-corrected chi connectivity index (χ4v) is 2.60. The Balaban J connectivity index is 2.34. The van der Waals surface area contributed by atoms with Gasteiger partial charge in [-0.05, 0) is 22.0 Å². The molecule has 0 atom stereocenters. The van der Waals surface area contributed by atoms with Gasteiger partial charge in [0.2, 0.25) is 0 Å². The van der Waals surface area contributed by atoms with E-state index in [4.69, 9.17) is 10.3 Å². The van der Waals surface area contributed by atoms with Gasteiger partial charge in [0.25, 0.3) is 0 Å². The minimum absolute atomic E-state index is 1.20. The molecule has 0 aromatic rings. The summed E-state index contributed by atoms with van der Waals surface area (Å²) in [6.45, 7) is 0. The van der Waals surface area contributed by atoms with Gasteiger partial charge in [0.1, 0.15) is 0 Å². The lowest BCUT2D eigenvalue weighted by molar-refractivity contribution is 2.07. The van der Waals surface area contributed by atoms with E-state index in [0.717, 1.165) is 0 Å². The van der Waals surface area contributed by atoms with E-state index in [1.165, 1.54) is 41.6 Å². The highest BCUT2D eigenvalue weighted by molar-refractivity contribution is 9.25. The molecule has 0 aliphatic heterocycles. The summed E-state index contributed by atoms with van der Waals surface area (Å²) in [5.74, 6) is 0. The molecule has 0 spiro atoms. The monoisotopic (exact) mass is 160 g/mol. The molecule has 0 aromatic heterocycles. The Morgan fingerprint density at radius 3 is 1.33 bits per heavy atom. The van der Waals surface area contributed by atoms with Crippen LogP contribution in [0.3, 0.4) is 0 Å². The van der Waals surface area contributed by atoms with Crippen molar-refractivity contribution in [3.05, 3.63) is 0 Å². The van der Waals surface area contributed by atoms with Crippen LogP contribution in [-0.4, -0.2) is 0 Å². The highest BCUT2D eigenvalue weighted by Crippen LogP contribution is 2.36. The largest absolute Gasteiger partial charge is 0.268 e. The Morgan fingerprint density at radius 2 is 1.17 bits per heavy atom. The number of nitrogens with two attached hydrogens (primary N) is 2. The van der Waals surface area contributed by atoms with Crippen LogP contribution in [0, 0.1) is 0 Å². The summed E-state index contributed by atoms with van der Waals surface area (Å²) in [6.07, 6.45) is 0. The van der Waals surface area contributed by atoms with Gasteiger partial charge in [0, 0.05) is 19.7 Å². The molecule has 2 nitrogen and oxygen atoms in total. The number of rotatable bonds is 3. The summed E-state index contributed by atoms with van der Waals surface area (Å²) >= 11 is 0. The summed E-state index contributed by atoms with van der Waals surface area (Å²) in [7, 11) is 5.32. The lowest BCUT2D eigenvalue weighted by atomic mass is 14.0. The van der Waals surface area contributed by atoms with Gasteiger partial charge in [0.15, 0.2) is 0 Å². The van der Waals surface area contributed by atoms with E-state index >= 15 is 0 Å². The first-order valence-electron chi connectivity index (χ1n) is 0.971. The molecule has 0 amide bonds. The molecular weight excluding hydrogens is 156 g/mol. The predicted octanol–water partition coefficient (Wildman–Crippen LogP) is 1.41. The van der Waals surface area contributed by atoms with Gasteiger partial charge in [-0.3, -0.25) is 10.3 Å². The van der Waals surface area contributed by atoms with E-state index in [9.17, 15) is 0 Å². The van der Waals surface area contributed by atoms with Crippen LogP contribution in [0.25, 0.3) is 0 Å². The molecule has 0 aliphatic rings. The molecular formula is H4N2S4. The van der Waals surface area contributed by atoms with E-state index in [2.05, 4.69) is 0 Å². The lowest BCUT2D eigenvalue weighted by Gasteiger charge is -1.83. The molecule has 6 heteroatoms. The van der Waals surface area contributed by atoms with Gasteiger partial charge in [-0.2, -0.15) is 0 Å². The summed E-state index contributed by atoms with van der Waals surface area (Å²) < 4.78 is 0. The average Bonchev–Trinajstić information content (AvgIpc) is 1.61. The van der Waals surface area contributed by atoms with Crippen LogP contribution in [0.2, 0.25) is 0 Å². The molecule has 0 radical (unpaired) electrons. The van der Waals surface area contributed by atoms with Crippen molar-refractivity contribution in [2.45, 2.75) is 0 Å². The zero-order valence-electron chi connectivity index (χ0n) is 2.79. The van der Waals surface area contributed by atoms with Crippen molar-refractivity contribution in [2.24, 2.45) is 10.3 Å². The van der Waals surface area contributed by atoms with E-state index in [1.807, 2.05) is 0 Å². The van der Waals surface area contributed by atoms with E-state index in [-0.39, 0.29) is 0 Å². The predicted molar refractivity (Wildman–Crippen MR) is 38.7 cm³/mol. The molecule has 0 unspecified atom stereocenters. The van der Waals surface area contributed by atoms with Gasteiger partial charge >= 0.3 is 0 Å². The molecule has 0 heterocycles. The van der Waals surface area contributed by atoms with Crippen LogP contribution < -0.4 is 10.3 Å². The summed E-state index contributed by atoms with van der Waals surface area (Å²) in [5, 5.41) is 10.0. The van der Waals surface area contributed by atoms with Gasteiger partial charge < -0.3 is 0 Å². The molecule has 0 saturated carbocycles. The van der Waals surface area contributed by atoms with Gasteiger partial charge in [-0.1, -0.05) is 0 Å². The molecule has 0 aromatic carbocycles. The Morgan fingerprint density at radius 1 is 0.833 bits per heavy atom.